The molecule has 1 spiro atoms. The second kappa shape index (κ2) is 2.72. The van der Waals surface area contributed by atoms with Crippen LogP contribution in [0.5, 0.6) is 0 Å². The smallest absolute Gasteiger partial charge is 0.265 e. The number of rotatable bonds is 1. The molecule has 4 saturated heterocycles. The molecule has 0 unspecified atom stereocenters. The van der Waals surface area contributed by atoms with Crippen molar-refractivity contribution in [2.75, 3.05) is 13.2 Å². The van der Waals surface area contributed by atoms with Gasteiger partial charge < -0.3 is 14.4 Å². The van der Waals surface area contributed by atoms with Crippen molar-refractivity contribution in [2.24, 2.45) is 5.92 Å². The normalized spacial score (nSPS) is 50.9. The van der Waals surface area contributed by atoms with Crippen LogP contribution in [0.3, 0.4) is 0 Å². The second-order valence-electron chi connectivity index (χ2n) is 5.56. The molecule has 0 aromatic carbocycles. The molecule has 0 aliphatic carbocycles. The van der Waals surface area contributed by atoms with Gasteiger partial charge in [-0.05, 0) is 19.8 Å². The molecular weight excluding hydrogens is 222 g/mol. The Morgan fingerprint density at radius 1 is 1.53 bits per heavy atom. The summed E-state index contributed by atoms with van der Waals surface area (Å²) in [5.41, 5.74) is -1.79. The average molecular weight is 237 g/mol. The first kappa shape index (κ1) is 10.0. The lowest BCUT2D eigenvalue weighted by molar-refractivity contribution is -0.169. The van der Waals surface area contributed by atoms with Gasteiger partial charge in [0.1, 0.15) is 6.10 Å². The summed E-state index contributed by atoms with van der Waals surface area (Å²) < 4.78 is 11.8. The van der Waals surface area contributed by atoms with Crippen molar-refractivity contribution in [3.05, 3.63) is 0 Å². The Balaban J connectivity index is 1.89. The van der Waals surface area contributed by atoms with E-state index in [2.05, 4.69) is 0 Å². The summed E-state index contributed by atoms with van der Waals surface area (Å²) in [4.78, 5) is 26.0. The van der Waals surface area contributed by atoms with E-state index in [0.29, 0.717) is 19.6 Å². The summed E-state index contributed by atoms with van der Waals surface area (Å²) >= 11 is 0. The van der Waals surface area contributed by atoms with E-state index in [4.69, 9.17) is 9.47 Å². The van der Waals surface area contributed by atoms with Gasteiger partial charge in [0.25, 0.3) is 5.91 Å². The molecule has 4 rings (SSSR count). The SMILES string of the molecule is CC(=O)[C@@]12C[C@@H]3CO[C@H]4CCCN(C1=O)[C@@]34O2. The van der Waals surface area contributed by atoms with Crippen molar-refractivity contribution in [3.63, 3.8) is 0 Å². The summed E-state index contributed by atoms with van der Waals surface area (Å²) in [6, 6.07) is 0. The van der Waals surface area contributed by atoms with Crippen LogP contribution in [-0.2, 0) is 19.1 Å². The molecule has 92 valence electrons. The van der Waals surface area contributed by atoms with E-state index in [1.54, 1.807) is 4.90 Å². The minimum Gasteiger partial charge on any atom is -0.373 e. The quantitative estimate of drug-likeness (QED) is 0.606. The van der Waals surface area contributed by atoms with Gasteiger partial charge in [0.15, 0.2) is 11.5 Å². The monoisotopic (exact) mass is 237 g/mol. The van der Waals surface area contributed by atoms with E-state index in [1.165, 1.54) is 6.92 Å². The number of nitrogens with zero attached hydrogens (tertiary/aromatic N) is 1. The number of carbonyl (C=O) groups is 2. The first-order valence-corrected chi connectivity index (χ1v) is 6.26. The molecule has 0 radical (unpaired) electrons. The van der Waals surface area contributed by atoms with E-state index < -0.39 is 11.3 Å². The Labute approximate surface area is 99.0 Å². The second-order valence-corrected chi connectivity index (χ2v) is 5.56. The van der Waals surface area contributed by atoms with Crippen LogP contribution in [-0.4, -0.2) is 47.2 Å². The van der Waals surface area contributed by atoms with Gasteiger partial charge in [-0.15, -0.1) is 0 Å². The molecular formula is C12H15NO4. The van der Waals surface area contributed by atoms with Crippen LogP contribution in [0.1, 0.15) is 26.2 Å². The predicted molar refractivity (Wildman–Crippen MR) is 56.0 cm³/mol. The molecule has 2 bridgehead atoms. The van der Waals surface area contributed by atoms with Crippen molar-refractivity contribution in [1.82, 2.24) is 4.90 Å². The molecule has 0 aromatic rings. The molecule has 4 aliphatic rings. The van der Waals surface area contributed by atoms with E-state index in [9.17, 15) is 9.59 Å². The molecule has 5 nitrogen and oxygen atoms in total. The minimum atomic E-state index is -1.18. The molecule has 17 heavy (non-hydrogen) atoms. The number of fused-ring (bicyclic) bond motifs is 1. The van der Waals surface area contributed by atoms with Crippen LogP contribution in [0.25, 0.3) is 0 Å². The highest BCUT2D eigenvalue weighted by atomic mass is 16.6. The standard InChI is InChI=1S/C12H15NO4/c1-7(14)11-5-8-6-16-9-3-2-4-13(10(11)15)12(8,9)17-11/h8-9H,2-6H2,1H3/t8-,9+,11+,12-/m1/s1. The van der Waals surface area contributed by atoms with Gasteiger partial charge in [-0.2, -0.15) is 0 Å². The lowest BCUT2D eigenvalue weighted by atomic mass is 9.78. The number of ether oxygens (including phenoxy) is 2. The Morgan fingerprint density at radius 3 is 3.12 bits per heavy atom. The lowest BCUT2D eigenvalue weighted by Crippen LogP contribution is -2.61. The third kappa shape index (κ3) is 0.847. The maximum absolute atomic E-state index is 12.4. The van der Waals surface area contributed by atoms with Gasteiger partial charge in [-0.1, -0.05) is 0 Å². The zero-order valence-corrected chi connectivity index (χ0v) is 9.77. The minimum absolute atomic E-state index is 0.0334. The largest absolute Gasteiger partial charge is 0.373 e. The molecule has 1 amide bonds. The van der Waals surface area contributed by atoms with E-state index >= 15 is 0 Å². The summed E-state index contributed by atoms with van der Waals surface area (Å²) in [5.74, 6) is -0.106. The molecule has 4 fully saturated rings. The van der Waals surface area contributed by atoms with E-state index in [0.717, 1.165) is 12.8 Å². The van der Waals surface area contributed by atoms with Crippen LogP contribution < -0.4 is 0 Å². The van der Waals surface area contributed by atoms with E-state index in [-0.39, 0.29) is 23.7 Å². The average Bonchev–Trinajstić information content (AvgIpc) is 2.86. The van der Waals surface area contributed by atoms with Crippen LogP contribution >= 0.6 is 0 Å². The van der Waals surface area contributed by atoms with Crippen LogP contribution in [0, 0.1) is 5.92 Å². The first-order valence-electron chi connectivity index (χ1n) is 6.26. The summed E-state index contributed by atoms with van der Waals surface area (Å²) in [5, 5.41) is 0. The molecule has 4 atom stereocenters. The highest BCUT2D eigenvalue weighted by Gasteiger charge is 2.77. The number of hydrogen-bond donors (Lipinski definition) is 0. The number of Topliss-reactive ketones (excluding diaryl/α,β-unsaturated/α-hetero) is 1. The van der Waals surface area contributed by atoms with Gasteiger partial charge in [-0.25, -0.2) is 0 Å². The maximum Gasteiger partial charge on any atom is 0.265 e. The van der Waals surface area contributed by atoms with Gasteiger partial charge >= 0.3 is 0 Å². The molecule has 5 heteroatoms. The predicted octanol–water partition coefficient (Wildman–Crippen LogP) is 0.0818. The third-order valence-electron chi connectivity index (χ3n) is 4.85. The Bertz CT molecular complexity index is 434. The highest BCUT2D eigenvalue weighted by Crippen LogP contribution is 2.59. The highest BCUT2D eigenvalue weighted by molar-refractivity contribution is 6.11. The molecule has 0 aromatic heterocycles. The molecule has 0 N–H and O–H groups in total. The fraction of sp³-hybridized carbons (Fsp3) is 0.833. The fourth-order valence-corrected chi connectivity index (χ4v) is 4.08. The van der Waals surface area contributed by atoms with Gasteiger partial charge in [0.2, 0.25) is 5.60 Å². The molecule has 0 saturated carbocycles. The Hall–Kier alpha value is -0.940. The number of hydrogen-bond acceptors (Lipinski definition) is 4. The van der Waals surface area contributed by atoms with E-state index in [1.807, 2.05) is 0 Å². The number of amides is 1. The Kier molecular flexibility index (Phi) is 1.61. The lowest BCUT2D eigenvalue weighted by Gasteiger charge is -2.43. The third-order valence-corrected chi connectivity index (χ3v) is 4.85. The van der Waals surface area contributed by atoms with Crippen LogP contribution in [0.15, 0.2) is 0 Å². The van der Waals surface area contributed by atoms with Crippen molar-refractivity contribution in [3.8, 4) is 0 Å². The maximum atomic E-state index is 12.4. The van der Waals surface area contributed by atoms with Crippen molar-refractivity contribution in [2.45, 2.75) is 43.6 Å². The van der Waals surface area contributed by atoms with Gasteiger partial charge in [0.05, 0.1) is 6.61 Å². The summed E-state index contributed by atoms with van der Waals surface area (Å²) in [7, 11) is 0. The zero-order chi connectivity index (χ0) is 11.8. The van der Waals surface area contributed by atoms with Crippen molar-refractivity contribution in [1.29, 1.82) is 0 Å². The summed E-state index contributed by atoms with van der Waals surface area (Å²) in [6.07, 6.45) is 2.33. The zero-order valence-electron chi connectivity index (χ0n) is 9.77. The fourth-order valence-electron chi connectivity index (χ4n) is 4.08. The van der Waals surface area contributed by atoms with Crippen LogP contribution in [0.4, 0.5) is 0 Å². The van der Waals surface area contributed by atoms with Crippen molar-refractivity contribution >= 4 is 11.7 Å². The Morgan fingerprint density at radius 2 is 2.35 bits per heavy atom. The van der Waals surface area contributed by atoms with Gasteiger partial charge in [-0.3, -0.25) is 9.59 Å². The molecule has 4 heterocycles. The van der Waals surface area contributed by atoms with Gasteiger partial charge in [0, 0.05) is 18.9 Å². The number of piperidine rings is 2. The first-order chi connectivity index (χ1) is 8.11. The van der Waals surface area contributed by atoms with Crippen molar-refractivity contribution < 1.29 is 19.1 Å². The van der Waals surface area contributed by atoms with Crippen LogP contribution in [0.2, 0.25) is 0 Å². The topological polar surface area (TPSA) is 55.8 Å². The number of carbonyl (C=O) groups excluding carboxylic acids is 2. The number of ketones is 1. The molecule has 4 aliphatic heterocycles. The summed E-state index contributed by atoms with van der Waals surface area (Å²) in [6.45, 7) is 2.78.